The molecule has 36 heavy (non-hydrogen) atoms. The summed E-state index contributed by atoms with van der Waals surface area (Å²) in [4.78, 5) is 32.7. The molecule has 10 nitrogen and oxygen atoms in total. The van der Waals surface area contributed by atoms with Crippen LogP contribution in [0.3, 0.4) is 0 Å². The normalized spacial score (nSPS) is 14.3. The Hall–Kier alpha value is -3.32. The van der Waals surface area contributed by atoms with Gasteiger partial charge in [-0.3, -0.25) is 9.59 Å². The van der Waals surface area contributed by atoms with Crippen molar-refractivity contribution >= 4 is 34.7 Å². The highest BCUT2D eigenvalue weighted by atomic mass is 35.5. The average Bonchev–Trinajstić information content (AvgIpc) is 3.26. The minimum atomic E-state index is -4.56. The minimum absolute atomic E-state index is 0.00550. The Morgan fingerprint density at radius 3 is 2.58 bits per heavy atom. The number of amides is 1. The molecule has 0 unspecified atom stereocenters. The van der Waals surface area contributed by atoms with Crippen LogP contribution in [0.25, 0.3) is 5.78 Å². The van der Waals surface area contributed by atoms with Crippen LogP contribution in [0.5, 0.6) is 6.01 Å². The average molecular weight is 528 g/mol. The van der Waals surface area contributed by atoms with Gasteiger partial charge in [-0.05, 0) is 31.5 Å². The van der Waals surface area contributed by atoms with E-state index < -0.39 is 17.6 Å². The fourth-order valence-electron chi connectivity index (χ4n) is 4.12. The lowest BCUT2D eigenvalue weighted by Gasteiger charge is -2.31. The number of benzene rings is 1. The molecule has 1 fully saturated rings. The molecule has 0 saturated carbocycles. The van der Waals surface area contributed by atoms with E-state index in [0.717, 1.165) is 22.7 Å². The van der Waals surface area contributed by atoms with Crippen molar-refractivity contribution < 1.29 is 22.7 Å². The molecule has 0 aliphatic carbocycles. The molecule has 14 heteroatoms. The summed E-state index contributed by atoms with van der Waals surface area (Å²) in [6.45, 7) is 6.17. The second-order valence-corrected chi connectivity index (χ2v) is 8.46. The van der Waals surface area contributed by atoms with Crippen molar-refractivity contribution in [1.29, 1.82) is 0 Å². The second kappa shape index (κ2) is 10.3. The molecule has 2 N–H and O–H groups in total. The van der Waals surface area contributed by atoms with Gasteiger partial charge in [-0.25, -0.2) is 0 Å². The van der Waals surface area contributed by atoms with Gasteiger partial charge in [0, 0.05) is 26.2 Å². The van der Waals surface area contributed by atoms with E-state index in [1.807, 2.05) is 11.8 Å². The molecular weight excluding hydrogens is 503 g/mol. The molecule has 0 atom stereocenters. The molecule has 0 spiro atoms. The lowest BCUT2D eigenvalue weighted by atomic mass is 10.2. The monoisotopic (exact) mass is 527 g/mol. The molecule has 1 amide bonds. The van der Waals surface area contributed by atoms with Gasteiger partial charge in [0.05, 0.1) is 28.6 Å². The third-order valence-corrected chi connectivity index (χ3v) is 6.03. The summed E-state index contributed by atoms with van der Waals surface area (Å²) in [5.41, 5.74) is -0.264. The van der Waals surface area contributed by atoms with E-state index in [1.165, 1.54) is 0 Å². The van der Waals surface area contributed by atoms with Gasteiger partial charge in [-0.2, -0.15) is 22.7 Å². The summed E-state index contributed by atoms with van der Waals surface area (Å²) in [5.74, 6) is -0.447. The predicted octanol–water partition coefficient (Wildman–Crippen LogP) is 2.57. The number of nitrogens with one attached hydrogen (secondary N) is 2. The van der Waals surface area contributed by atoms with E-state index in [9.17, 15) is 22.8 Å². The van der Waals surface area contributed by atoms with Crippen molar-refractivity contribution in [2.75, 3.05) is 43.0 Å². The van der Waals surface area contributed by atoms with Crippen LogP contribution >= 0.6 is 11.6 Å². The summed E-state index contributed by atoms with van der Waals surface area (Å²) >= 11 is 6.00. The Kier molecular flexibility index (Phi) is 7.41. The molecule has 194 valence electrons. The Morgan fingerprint density at radius 1 is 1.25 bits per heavy atom. The highest BCUT2D eigenvalue weighted by molar-refractivity contribution is 6.33. The maximum absolute atomic E-state index is 13.4. The first kappa shape index (κ1) is 25.8. The molecule has 2 aromatic heterocycles. The van der Waals surface area contributed by atoms with E-state index in [0.29, 0.717) is 44.0 Å². The van der Waals surface area contributed by atoms with Gasteiger partial charge in [0.25, 0.3) is 5.56 Å². The summed E-state index contributed by atoms with van der Waals surface area (Å²) in [5, 5.41) is 9.72. The van der Waals surface area contributed by atoms with Crippen molar-refractivity contribution in [3.05, 3.63) is 44.8 Å². The number of piperazine rings is 1. The van der Waals surface area contributed by atoms with Crippen molar-refractivity contribution in [2.24, 2.45) is 0 Å². The smallest absolute Gasteiger partial charge is 0.416 e. The Labute approximate surface area is 209 Å². The number of carbonyl (C=O) groups excluding carboxylic acids is 1. The number of hydrogen-bond acceptors (Lipinski definition) is 7. The van der Waals surface area contributed by atoms with Crippen LogP contribution in [0, 0.1) is 0 Å². The summed E-state index contributed by atoms with van der Waals surface area (Å²) in [7, 11) is 0. The fourth-order valence-corrected chi connectivity index (χ4v) is 4.34. The number of alkyl halides is 3. The van der Waals surface area contributed by atoms with Gasteiger partial charge in [0.2, 0.25) is 11.7 Å². The zero-order chi connectivity index (χ0) is 26.0. The number of carbonyl (C=O) groups is 1. The second-order valence-electron chi connectivity index (χ2n) is 8.06. The van der Waals surface area contributed by atoms with Crippen LogP contribution in [0.1, 0.15) is 25.1 Å². The standard InChI is InChI=1S/C22H25ClF3N7O3/c1-3-16-18(31-9-7-27-8-10-31)19(35)33-21(29-20(30-33)36-4-2)32(16)12-17(34)28-15-6-5-13(11-14(15)23)22(24,25)26/h5-6,11,27H,3-4,7-10,12H2,1-2H3,(H,28,34). The number of fused-ring (bicyclic) bond motifs is 1. The minimum Gasteiger partial charge on any atom is -0.463 e. The third kappa shape index (κ3) is 5.12. The molecule has 4 rings (SSSR count). The molecule has 0 bridgehead atoms. The van der Waals surface area contributed by atoms with Crippen LogP contribution in [-0.2, 0) is 23.9 Å². The largest absolute Gasteiger partial charge is 0.463 e. The van der Waals surface area contributed by atoms with Gasteiger partial charge in [-0.15, -0.1) is 5.10 Å². The van der Waals surface area contributed by atoms with Gasteiger partial charge >= 0.3 is 12.2 Å². The maximum Gasteiger partial charge on any atom is 0.416 e. The van der Waals surface area contributed by atoms with E-state index in [1.54, 1.807) is 11.5 Å². The quantitative estimate of drug-likeness (QED) is 0.486. The van der Waals surface area contributed by atoms with Crippen LogP contribution in [0.2, 0.25) is 5.02 Å². The van der Waals surface area contributed by atoms with E-state index in [2.05, 4.69) is 20.7 Å². The number of ether oxygens (including phenoxy) is 1. The highest BCUT2D eigenvalue weighted by Gasteiger charge is 2.31. The first-order valence-electron chi connectivity index (χ1n) is 11.4. The van der Waals surface area contributed by atoms with E-state index in [4.69, 9.17) is 16.3 Å². The van der Waals surface area contributed by atoms with Gasteiger partial charge in [0.1, 0.15) is 12.2 Å². The summed E-state index contributed by atoms with van der Waals surface area (Å²) in [6.07, 6.45) is -4.15. The number of anilines is 2. The Bertz CT molecular complexity index is 1330. The van der Waals surface area contributed by atoms with Crippen LogP contribution in [0.15, 0.2) is 23.0 Å². The number of rotatable bonds is 7. The SMILES string of the molecule is CCOc1nc2n(CC(=O)Nc3ccc(C(F)(F)F)cc3Cl)c(CC)c(N3CCNCC3)c(=O)n2n1. The van der Waals surface area contributed by atoms with Crippen molar-refractivity contribution in [2.45, 2.75) is 33.0 Å². The Balaban J connectivity index is 1.74. The van der Waals surface area contributed by atoms with E-state index >= 15 is 0 Å². The molecule has 3 aromatic rings. The molecule has 3 heterocycles. The summed E-state index contributed by atoms with van der Waals surface area (Å²) < 4.78 is 46.9. The third-order valence-electron chi connectivity index (χ3n) is 5.72. The van der Waals surface area contributed by atoms with Gasteiger partial charge in [-0.1, -0.05) is 18.5 Å². The lowest BCUT2D eigenvalue weighted by molar-refractivity contribution is -0.137. The molecular formula is C22H25ClF3N7O3. The van der Waals surface area contributed by atoms with Crippen molar-refractivity contribution in [1.82, 2.24) is 24.5 Å². The number of nitrogens with zero attached hydrogens (tertiary/aromatic N) is 5. The van der Waals surface area contributed by atoms with Gasteiger partial charge in [0.15, 0.2) is 0 Å². The zero-order valence-corrected chi connectivity index (χ0v) is 20.4. The fraction of sp³-hybridized carbons (Fsp3) is 0.455. The highest BCUT2D eigenvalue weighted by Crippen LogP contribution is 2.33. The number of halogens is 4. The van der Waals surface area contributed by atoms with Crippen LogP contribution < -0.4 is 25.8 Å². The maximum atomic E-state index is 13.4. The van der Waals surface area contributed by atoms with Crippen molar-refractivity contribution in [3.63, 3.8) is 0 Å². The molecule has 1 aliphatic rings. The topological polar surface area (TPSA) is 106 Å². The van der Waals surface area contributed by atoms with Gasteiger partial charge < -0.3 is 24.8 Å². The van der Waals surface area contributed by atoms with Crippen LogP contribution in [0.4, 0.5) is 24.5 Å². The first-order chi connectivity index (χ1) is 17.1. The predicted molar refractivity (Wildman–Crippen MR) is 128 cm³/mol. The Morgan fingerprint density at radius 2 is 1.97 bits per heavy atom. The van der Waals surface area contributed by atoms with Crippen LogP contribution in [-0.4, -0.2) is 57.9 Å². The van der Waals surface area contributed by atoms with E-state index in [-0.39, 0.29) is 41.2 Å². The molecule has 1 aromatic carbocycles. The zero-order valence-electron chi connectivity index (χ0n) is 19.7. The lowest BCUT2D eigenvalue weighted by Crippen LogP contribution is -2.47. The molecule has 1 saturated heterocycles. The number of hydrogen-bond donors (Lipinski definition) is 2. The van der Waals surface area contributed by atoms with Crippen molar-refractivity contribution in [3.8, 4) is 6.01 Å². The summed E-state index contributed by atoms with van der Waals surface area (Å²) in [6, 6.07) is 2.68. The number of aromatic nitrogens is 4. The molecule has 1 aliphatic heterocycles. The molecule has 0 radical (unpaired) electrons. The first-order valence-corrected chi connectivity index (χ1v) is 11.8.